The van der Waals surface area contributed by atoms with Crippen LogP contribution in [0.4, 0.5) is 0 Å². The van der Waals surface area contributed by atoms with E-state index in [0.717, 1.165) is 35.3 Å². The number of hydrogen-bond donors (Lipinski definition) is 0. The average molecular weight is 245 g/mol. The van der Waals surface area contributed by atoms with E-state index in [0.29, 0.717) is 11.2 Å². The summed E-state index contributed by atoms with van der Waals surface area (Å²) in [5, 5.41) is 13.2. The molecule has 4 nitrogen and oxygen atoms in total. The Hall–Kier alpha value is -1.81. The number of hydrogen-bond acceptors (Lipinski definition) is 3. The number of ether oxygens (including phenoxy) is 2. The number of rotatable bonds is 2. The van der Waals surface area contributed by atoms with E-state index in [1.807, 2.05) is 18.2 Å². The van der Waals surface area contributed by atoms with Crippen LogP contribution in [0.3, 0.4) is 0 Å². The molecule has 2 aromatic rings. The normalized spacial score (nSPS) is 19.3. The summed E-state index contributed by atoms with van der Waals surface area (Å²) in [5.74, 6) is 0.757. The molecule has 1 aromatic heterocycles. The molecule has 4 heteroatoms. The maximum absolute atomic E-state index is 12.3. The Morgan fingerprint density at radius 3 is 2.94 bits per heavy atom. The molecule has 1 saturated heterocycles. The van der Waals surface area contributed by atoms with Gasteiger partial charge in [0.2, 0.25) is 11.2 Å². The zero-order valence-electron chi connectivity index (χ0n) is 10.3. The Bertz CT molecular complexity index is 577. The Balaban J connectivity index is 2.10. The van der Waals surface area contributed by atoms with E-state index in [9.17, 15) is 5.21 Å². The van der Waals surface area contributed by atoms with E-state index in [1.54, 1.807) is 19.2 Å². The lowest BCUT2D eigenvalue weighted by Gasteiger charge is -2.12. The quantitative estimate of drug-likeness (QED) is 0.602. The maximum atomic E-state index is 12.3. The largest absolute Gasteiger partial charge is 0.618 e. The molecule has 1 aromatic carbocycles. The zero-order chi connectivity index (χ0) is 12.5. The van der Waals surface area contributed by atoms with Crippen molar-refractivity contribution in [3.05, 3.63) is 41.2 Å². The first kappa shape index (κ1) is 11.3. The summed E-state index contributed by atoms with van der Waals surface area (Å²) in [5.41, 5.74) is 1.36. The fraction of sp³-hybridized carbons (Fsp3) is 0.357. The number of pyridine rings is 1. The predicted molar refractivity (Wildman–Crippen MR) is 67.4 cm³/mol. The van der Waals surface area contributed by atoms with E-state index in [-0.39, 0.29) is 6.10 Å². The Morgan fingerprint density at radius 2 is 2.22 bits per heavy atom. The minimum Gasteiger partial charge on any atom is -0.618 e. The molecule has 0 saturated carbocycles. The van der Waals surface area contributed by atoms with Gasteiger partial charge in [-0.25, -0.2) is 0 Å². The highest BCUT2D eigenvalue weighted by molar-refractivity contribution is 5.77. The van der Waals surface area contributed by atoms with Crippen LogP contribution in [0.5, 0.6) is 5.75 Å². The van der Waals surface area contributed by atoms with Crippen molar-refractivity contribution in [3.8, 4) is 5.75 Å². The summed E-state index contributed by atoms with van der Waals surface area (Å²) in [6, 6.07) is 9.26. The highest BCUT2D eigenvalue weighted by Crippen LogP contribution is 2.28. The molecule has 3 rings (SSSR count). The predicted octanol–water partition coefficient (Wildman–Crippen LogP) is 2.33. The SMILES string of the molecule is COc1ccc2c(ccc(C3CCCO3)[n+]2[O-])c1. The molecular formula is C14H15NO3. The van der Waals surface area contributed by atoms with Crippen LogP contribution in [0, 0.1) is 5.21 Å². The minimum atomic E-state index is -0.0611. The van der Waals surface area contributed by atoms with Gasteiger partial charge in [0, 0.05) is 18.7 Å². The number of fused-ring (bicyclic) bond motifs is 1. The molecule has 0 aliphatic carbocycles. The lowest BCUT2D eigenvalue weighted by atomic mass is 10.1. The fourth-order valence-corrected chi connectivity index (χ4v) is 2.41. The highest BCUT2D eigenvalue weighted by atomic mass is 16.5. The molecule has 94 valence electrons. The van der Waals surface area contributed by atoms with Gasteiger partial charge in [-0.3, -0.25) is 0 Å². The second kappa shape index (κ2) is 4.46. The van der Waals surface area contributed by atoms with Crippen molar-refractivity contribution in [2.45, 2.75) is 18.9 Å². The molecule has 1 atom stereocenters. The number of aromatic nitrogens is 1. The van der Waals surface area contributed by atoms with Crippen LogP contribution in [-0.2, 0) is 4.74 Å². The molecule has 0 spiro atoms. The van der Waals surface area contributed by atoms with Crippen molar-refractivity contribution >= 4 is 10.9 Å². The van der Waals surface area contributed by atoms with E-state index in [1.165, 1.54) is 0 Å². The smallest absolute Gasteiger partial charge is 0.224 e. The van der Waals surface area contributed by atoms with Gasteiger partial charge >= 0.3 is 0 Å². The van der Waals surface area contributed by atoms with Crippen molar-refractivity contribution < 1.29 is 14.2 Å². The molecule has 2 heterocycles. The molecule has 0 bridgehead atoms. The molecule has 1 aliphatic heterocycles. The first-order chi connectivity index (χ1) is 8.79. The van der Waals surface area contributed by atoms with Crippen molar-refractivity contribution in [2.24, 2.45) is 0 Å². The first-order valence-electron chi connectivity index (χ1n) is 6.11. The van der Waals surface area contributed by atoms with Crippen LogP contribution >= 0.6 is 0 Å². The summed E-state index contributed by atoms with van der Waals surface area (Å²) in [4.78, 5) is 0. The van der Waals surface area contributed by atoms with E-state index in [2.05, 4.69) is 0 Å². The number of methoxy groups -OCH3 is 1. The number of nitrogens with zero attached hydrogens (tertiary/aromatic N) is 1. The molecule has 0 N–H and O–H groups in total. The van der Waals surface area contributed by atoms with Gasteiger partial charge in [0.05, 0.1) is 12.5 Å². The van der Waals surface area contributed by atoms with Crippen molar-refractivity contribution in [3.63, 3.8) is 0 Å². The van der Waals surface area contributed by atoms with E-state index in [4.69, 9.17) is 9.47 Å². The summed E-state index contributed by atoms with van der Waals surface area (Å²) >= 11 is 0. The lowest BCUT2D eigenvalue weighted by Crippen LogP contribution is -2.34. The van der Waals surface area contributed by atoms with Gasteiger partial charge in [0.1, 0.15) is 11.9 Å². The third-order valence-corrected chi connectivity index (χ3v) is 3.38. The van der Waals surface area contributed by atoms with Gasteiger partial charge in [-0.1, -0.05) is 0 Å². The first-order valence-corrected chi connectivity index (χ1v) is 6.11. The monoisotopic (exact) mass is 245 g/mol. The summed E-state index contributed by atoms with van der Waals surface area (Å²) in [6.45, 7) is 0.741. The van der Waals surface area contributed by atoms with E-state index < -0.39 is 0 Å². The van der Waals surface area contributed by atoms with Gasteiger partial charge in [-0.05, 0) is 31.0 Å². The van der Waals surface area contributed by atoms with Crippen LogP contribution < -0.4 is 9.47 Å². The van der Waals surface area contributed by atoms with Gasteiger partial charge in [0.25, 0.3) is 0 Å². The lowest BCUT2D eigenvalue weighted by molar-refractivity contribution is -0.590. The Morgan fingerprint density at radius 1 is 1.33 bits per heavy atom. The molecule has 0 amide bonds. The van der Waals surface area contributed by atoms with Crippen LogP contribution in [0.2, 0.25) is 0 Å². The van der Waals surface area contributed by atoms with Gasteiger partial charge in [0.15, 0.2) is 0 Å². The Kier molecular flexibility index (Phi) is 2.80. The van der Waals surface area contributed by atoms with Gasteiger partial charge in [-0.15, -0.1) is 0 Å². The standard InChI is InChI=1S/C14H15NO3/c1-17-11-5-7-12-10(9-11)4-6-13(15(12)16)14-3-2-8-18-14/h4-7,9,14H,2-3,8H2,1H3. The molecule has 0 radical (unpaired) electrons. The van der Waals surface area contributed by atoms with Crippen LogP contribution in [0.15, 0.2) is 30.3 Å². The molecule has 1 aliphatic rings. The van der Waals surface area contributed by atoms with Crippen molar-refractivity contribution in [2.75, 3.05) is 13.7 Å². The average Bonchev–Trinajstić information content (AvgIpc) is 2.92. The molecular weight excluding hydrogens is 230 g/mol. The molecule has 18 heavy (non-hydrogen) atoms. The maximum Gasteiger partial charge on any atom is 0.224 e. The fourth-order valence-electron chi connectivity index (χ4n) is 2.41. The highest BCUT2D eigenvalue weighted by Gasteiger charge is 2.25. The summed E-state index contributed by atoms with van der Waals surface area (Å²) in [7, 11) is 1.62. The second-order valence-corrected chi connectivity index (χ2v) is 4.48. The molecule has 1 unspecified atom stereocenters. The summed E-state index contributed by atoms with van der Waals surface area (Å²) in [6.07, 6.45) is 1.88. The molecule has 1 fully saturated rings. The van der Waals surface area contributed by atoms with Gasteiger partial charge in [-0.2, -0.15) is 4.73 Å². The van der Waals surface area contributed by atoms with Crippen LogP contribution in [0.25, 0.3) is 10.9 Å². The topological polar surface area (TPSA) is 45.4 Å². The van der Waals surface area contributed by atoms with E-state index >= 15 is 0 Å². The third-order valence-electron chi connectivity index (χ3n) is 3.38. The number of benzene rings is 1. The van der Waals surface area contributed by atoms with Gasteiger partial charge < -0.3 is 14.7 Å². The minimum absolute atomic E-state index is 0.0611. The van der Waals surface area contributed by atoms with Crippen LogP contribution in [0.1, 0.15) is 24.6 Å². The Labute approximate surface area is 105 Å². The van der Waals surface area contributed by atoms with Crippen molar-refractivity contribution in [1.29, 1.82) is 0 Å². The third kappa shape index (κ3) is 1.78. The summed E-state index contributed by atoms with van der Waals surface area (Å²) < 4.78 is 11.7. The van der Waals surface area contributed by atoms with Crippen molar-refractivity contribution in [1.82, 2.24) is 0 Å². The van der Waals surface area contributed by atoms with Crippen LogP contribution in [-0.4, -0.2) is 13.7 Å². The zero-order valence-corrected chi connectivity index (χ0v) is 10.3. The second-order valence-electron chi connectivity index (χ2n) is 4.48.